The average Bonchev–Trinajstić information content (AvgIpc) is 3.15. The van der Waals surface area contributed by atoms with Crippen LogP contribution >= 0.6 is 0 Å². The van der Waals surface area contributed by atoms with Gasteiger partial charge >= 0.3 is 0 Å². The number of benzene rings is 1. The summed E-state index contributed by atoms with van der Waals surface area (Å²) >= 11 is 0. The van der Waals surface area contributed by atoms with Crippen molar-refractivity contribution >= 4 is 0 Å². The average molecular weight is 327 g/mol. The van der Waals surface area contributed by atoms with Crippen LogP contribution in [0.25, 0.3) is 11.4 Å². The molecule has 1 aliphatic heterocycles. The molecule has 1 atom stereocenters. The molecule has 0 aliphatic carbocycles. The highest BCUT2D eigenvalue weighted by molar-refractivity contribution is 5.55. The normalized spacial score (nSPS) is 17.4. The van der Waals surface area contributed by atoms with E-state index < -0.39 is 0 Å². The zero-order chi connectivity index (χ0) is 16.8. The molecule has 5 nitrogen and oxygen atoms in total. The van der Waals surface area contributed by atoms with Crippen molar-refractivity contribution in [2.24, 2.45) is 0 Å². The fourth-order valence-electron chi connectivity index (χ4n) is 2.97. The second-order valence-electron chi connectivity index (χ2n) is 6.11. The molecule has 0 bridgehead atoms. The van der Waals surface area contributed by atoms with E-state index in [2.05, 4.69) is 21.8 Å². The van der Waals surface area contributed by atoms with Gasteiger partial charge in [0.25, 0.3) is 0 Å². The van der Waals surface area contributed by atoms with Crippen molar-refractivity contribution in [2.75, 3.05) is 26.8 Å². The van der Waals surface area contributed by atoms with Crippen LogP contribution in [0.1, 0.15) is 25.3 Å². The van der Waals surface area contributed by atoms with Crippen LogP contribution in [0, 0.1) is 0 Å². The van der Waals surface area contributed by atoms with Crippen molar-refractivity contribution in [3.05, 3.63) is 42.2 Å². The molecule has 0 spiro atoms. The number of methoxy groups -OCH3 is 1. The summed E-state index contributed by atoms with van der Waals surface area (Å²) in [6.45, 7) is 5.93. The minimum Gasteiger partial charge on any atom is -0.497 e. The van der Waals surface area contributed by atoms with Gasteiger partial charge in [0, 0.05) is 43.2 Å². The molecule has 24 heavy (non-hydrogen) atoms. The topological polar surface area (TPSA) is 47.5 Å². The van der Waals surface area contributed by atoms with Gasteiger partial charge < -0.3 is 9.47 Å². The van der Waals surface area contributed by atoms with Crippen LogP contribution in [0.4, 0.5) is 0 Å². The van der Waals surface area contributed by atoms with E-state index in [0.29, 0.717) is 6.10 Å². The molecule has 1 aromatic heterocycles. The molecular formula is C19H25N3O2. The lowest BCUT2D eigenvalue weighted by atomic mass is 10.2. The first-order chi connectivity index (χ1) is 11.8. The number of hydrogen-bond acceptors (Lipinski definition) is 5. The Labute approximate surface area is 143 Å². The first-order valence-corrected chi connectivity index (χ1v) is 8.57. The van der Waals surface area contributed by atoms with Crippen LogP contribution in [-0.4, -0.2) is 47.8 Å². The smallest absolute Gasteiger partial charge is 0.159 e. The van der Waals surface area contributed by atoms with E-state index in [1.165, 1.54) is 12.8 Å². The molecule has 5 heteroatoms. The highest BCUT2D eigenvalue weighted by Crippen LogP contribution is 2.19. The van der Waals surface area contributed by atoms with Gasteiger partial charge in [0.1, 0.15) is 5.75 Å². The first kappa shape index (κ1) is 16.9. The molecule has 1 aromatic carbocycles. The Balaban J connectivity index is 1.62. The molecule has 0 saturated carbocycles. The Morgan fingerprint density at radius 3 is 2.54 bits per heavy atom. The summed E-state index contributed by atoms with van der Waals surface area (Å²) in [4.78, 5) is 11.4. The quantitative estimate of drug-likeness (QED) is 0.782. The van der Waals surface area contributed by atoms with Crippen molar-refractivity contribution in [1.29, 1.82) is 0 Å². The maximum absolute atomic E-state index is 5.74. The van der Waals surface area contributed by atoms with Crippen LogP contribution in [0.2, 0.25) is 0 Å². The fraction of sp³-hybridized carbons (Fsp3) is 0.474. The van der Waals surface area contributed by atoms with E-state index in [9.17, 15) is 0 Å². The molecular weight excluding hydrogens is 302 g/mol. The second-order valence-corrected chi connectivity index (χ2v) is 6.11. The molecule has 0 amide bonds. The van der Waals surface area contributed by atoms with Crippen LogP contribution in [0.3, 0.4) is 0 Å². The van der Waals surface area contributed by atoms with Gasteiger partial charge in [0.2, 0.25) is 0 Å². The molecule has 0 N–H and O–H groups in total. The van der Waals surface area contributed by atoms with Crippen LogP contribution in [0.15, 0.2) is 36.7 Å². The second kappa shape index (κ2) is 8.22. The fourth-order valence-corrected chi connectivity index (χ4v) is 2.97. The Bertz CT molecular complexity index is 622. The van der Waals surface area contributed by atoms with Crippen LogP contribution in [0.5, 0.6) is 5.75 Å². The van der Waals surface area contributed by atoms with E-state index >= 15 is 0 Å². The molecule has 1 saturated heterocycles. The highest BCUT2D eigenvalue weighted by Gasteiger charge is 2.18. The number of rotatable bonds is 7. The van der Waals surface area contributed by atoms with Gasteiger partial charge in [0.15, 0.2) is 5.82 Å². The summed E-state index contributed by atoms with van der Waals surface area (Å²) in [7, 11) is 1.66. The summed E-state index contributed by atoms with van der Waals surface area (Å²) in [5, 5.41) is 0. The zero-order valence-corrected chi connectivity index (χ0v) is 14.4. The van der Waals surface area contributed by atoms with Crippen LogP contribution < -0.4 is 4.74 Å². The molecule has 2 aromatic rings. The molecule has 2 heterocycles. The van der Waals surface area contributed by atoms with Crippen molar-refractivity contribution < 1.29 is 9.47 Å². The molecule has 0 radical (unpaired) electrons. The summed E-state index contributed by atoms with van der Waals surface area (Å²) in [5.41, 5.74) is 2.13. The summed E-state index contributed by atoms with van der Waals surface area (Å²) in [5.74, 6) is 1.58. The van der Waals surface area contributed by atoms with Gasteiger partial charge in [-0.1, -0.05) is 6.92 Å². The van der Waals surface area contributed by atoms with Crippen LogP contribution in [-0.2, 0) is 11.3 Å². The highest BCUT2D eigenvalue weighted by atomic mass is 16.5. The van der Waals surface area contributed by atoms with Crippen molar-refractivity contribution in [3.63, 3.8) is 0 Å². The lowest BCUT2D eigenvalue weighted by Gasteiger charge is -2.23. The third-order valence-corrected chi connectivity index (χ3v) is 4.39. The Morgan fingerprint density at radius 2 is 1.96 bits per heavy atom. The molecule has 1 aliphatic rings. The molecule has 128 valence electrons. The Kier molecular flexibility index (Phi) is 5.77. The molecule has 1 fully saturated rings. The Hall–Kier alpha value is -1.98. The minimum absolute atomic E-state index is 0.379. The third kappa shape index (κ3) is 4.30. The predicted molar refractivity (Wildman–Crippen MR) is 93.9 cm³/mol. The number of ether oxygens (including phenoxy) is 2. The largest absolute Gasteiger partial charge is 0.497 e. The van der Waals surface area contributed by atoms with E-state index in [1.54, 1.807) is 7.11 Å². The van der Waals surface area contributed by atoms with Gasteiger partial charge in [-0.05, 0) is 43.7 Å². The van der Waals surface area contributed by atoms with Gasteiger partial charge in [0.05, 0.1) is 13.2 Å². The number of aromatic nitrogens is 2. The van der Waals surface area contributed by atoms with E-state index in [0.717, 1.165) is 48.9 Å². The number of hydrogen-bond donors (Lipinski definition) is 0. The first-order valence-electron chi connectivity index (χ1n) is 8.57. The zero-order valence-electron chi connectivity index (χ0n) is 14.4. The van der Waals surface area contributed by atoms with E-state index in [4.69, 9.17) is 9.47 Å². The van der Waals surface area contributed by atoms with Crippen molar-refractivity contribution in [2.45, 2.75) is 32.4 Å². The SMILES string of the molecule is CCN(Cc1cnc(-c2ccc(OC)cc2)nc1)C[C@H]1CCCO1. The Morgan fingerprint density at radius 1 is 1.21 bits per heavy atom. The maximum Gasteiger partial charge on any atom is 0.159 e. The lowest BCUT2D eigenvalue weighted by molar-refractivity contribution is 0.0724. The summed E-state index contributed by atoms with van der Waals surface area (Å²) < 4.78 is 10.9. The van der Waals surface area contributed by atoms with Crippen molar-refractivity contribution in [3.8, 4) is 17.1 Å². The molecule has 0 unspecified atom stereocenters. The number of nitrogens with zero attached hydrogens (tertiary/aromatic N) is 3. The van der Waals surface area contributed by atoms with Gasteiger partial charge in [-0.25, -0.2) is 9.97 Å². The predicted octanol–water partition coefficient (Wildman–Crippen LogP) is 3.15. The summed E-state index contributed by atoms with van der Waals surface area (Å²) in [6.07, 6.45) is 6.57. The molecule has 3 rings (SSSR count). The third-order valence-electron chi connectivity index (χ3n) is 4.39. The standard InChI is InChI=1S/C19H25N3O2/c1-3-22(14-18-5-4-10-24-18)13-15-11-20-19(21-12-15)16-6-8-17(23-2)9-7-16/h6-9,11-12,18H,3-5,10,13-14H2,1-2H3/t18-/m1/s1. The van der Waals surface area contributed by atoms with Gasteiger partial charge in [-0.2, -0.15) is 0 Å². The summed E-state index contributed by atoms with van der Waals surface area (Å²) in [6, 6.07) is 7.80. The van der Waals surface area contributed by atoms with Crippen molar-refractivity contribution in [1.82, 2.24) is 14.9 Å². The van der Waals surface area contributed by atoms with E-state index in [1.807, 2.05) is 36.7 Å². The van der Waals surface area contributed by atoms with E-state index in [-0.39, 0.29) is 0 Å². The maximum atomic E-state index is 5.74. The van der Waals surface area contributed by atoms with Gasteiger partial charge in [-0.3, -0.25) is 4.90 Å². The monoisotopic (exact) mass is 327 g/mol. The minimum atomic E-state index is 0.379. The lowest BCUT2D eigenvalue weighted by Crippen LogP contribution is -2.31. The number of likely N-dealkylation sites (N-methyl/N-ethyl adjacent to an activating group) is 1. The van der Waals surface area contributed by atoms with Gasteiger partial charge in [-0.15, -0.1) is 0 Å².